The molecule has 2 saturated heterocycles. The Hall–Kier alpha value is -2.45. The molecule has 0 bridgehead atoms. The van der Waals surface area contributed by atoms with Crippen LogP contribution in [0.1, 0.15) is 36.8 Å². The van der Waals surface area contributed by atoms with Gasteiger partial charge < -0.3 is 9.64 Å². The lowest BCUT2D eigenvalue weighted by molar-refractivity contribution is -0.140. The summed E-state index contributed by atoms with van der Waals surface area (Å²) >= 11 is 0. The Bertz CT molecular complexity index is 867. The molecule has 1 aromatic heterocycles. The van der Waals surface area contributed by atoms with Gasteiger partial charge in [0, 0.05) is 43.4 Å². The van der Waals surface area contributed by atoms with Gasteiger partial charge in [-0.25, -0.2) is 8.78 Å². The average molecular weight is 430 g/mol. The van der Waals surface area contributed by atoms with Gasteiger partial charge in [0.1, 0.15) is 11.6 Å². The zero-order valence-corrected chi connectivity index (χ0v) is 17.6. The van der Waals surface area contributed by atoms with E-state index in [9.17, 15) is 13.6 Å². The van der Waals surface area contributed by atoms with Gasteiger partial charge >= 0.3 is 0 Å². The monoisotopic (exact) mass is 430 g/mol. The first kappa shape index (κ1) is 21.8. The number of likely N-dealkylation sites (tertiary alicyclic amines) is 2. The molecule has 1 amide bonds. The second-order valence-electron chi connectivity index (χ2n) is 8.37. The van der Waals surface area contributed by atoms with Crippen molar-refractivity contribution >= 4 is 5.91 Å². The quantitative estimate of drug-likeness (QED) is 0.705. The molecule has 8 heteroatoms. The van der Waals surface area contributed by atoms with Gasteiger partial charge in [-0.15, -0.1) is 0 Å². The van der Waals surface area contributed by atoms with Crippen molar-refractivity contribution in [3.63, 3.8) is 0 Å². The highest BCUT2D eigenvalue weighted by Crippen LogP contribution is 2.24. The fraction of sp³-hybridized carbons (Fsp3) is 0.522. The number of ether oxygens (including phenoxy) is 1. The molecule has 0 atom stereocenters. The van der Waals surface area contributed by atoms with E-state index in [4.69, 9.17) is 4.74 Å². The minimum absolute atomic E-state index is 0.00989. The molecule has 2 aromatic rings. The van der Waals surface area contributed by atoms with E-state index in [1.807, 2.05) is 11.0 Å². The van der Waals surface area contributed by atoms with Gasteiger partial charge in [0.05, 0.1) is 18.9 Å². The van der Waals surface area contributed by atoms with Crippen LogP contribution in [0.15, 0.2) is 36.7 Å². The van der Waals surface area contributed by atoms with Crippen molar-refractivity contribution in [2.45, 2.75) is 44.9 Å². The van der Waals surface area contributed by atoms with Crippen molar-refractivity contribution in [2.24, 2.45) is 5.92 Å². The summed E-state index contributed by atoms with van der Waals surface area (Å²) in [6.07, 6.45) is 6.70. The molecule has 6 nitrogen and oxygen atoms in total. The van der Waals surface area contributed by atoms with Crippen LogP contribution >= 0.6 is 0 Å². The summed E-state index contributed by atoms with van der Waals surface area (Å²) in [6.45, 7) is 4.10. The summed E-state index contributed by atoms with van der Waals surface area (Å²) in [5.74, 6) is -0.849. The molecule has 4 rings (SSSR count). The van der Waals surface area contributed by atoms with Crippen LogP contribution < -0.4 is 0 Å². The molecule has 2 aliphatic heterocycles. The van der Waals surface area contributed by atoms with E-state index in [0.717, 1.165) is 56.9 Å². The molecule has 0 radical (unpaired) electrons. The molecular formula is C23H28F2N4O2. The maximum atomic E-state index is 13.7. The lowest BCUT2D eigenvalue weighted by atomic mass is 9.94. The van der Waals surface area contributed by atoms with E-state index in [1.165, 1.54) is 12.1 Å². The number of hydrogen-bond donors (Lipinski definition) is 0. The lowest BCUT2D eigenvalue weighted by Crippen LogP contribution is -2.46. The van der Waals surface area contributed by atoms with Crippen molar-refractivity contribution in [1.82, 2.24) is 20.0 Å². The first-order valence-corrected chi connectivity index (χ1v) is 10.9. The Morgan fingerprint density at radius 2 is 1.81 bits per heavy atom. The Morgan fingerprint density at radius 3 is 2.48 bits per heavy atom. The van der Waals surface area contributed by atoms with Gasteiger partial charge in [-0.1, -0.05) is 6.07 Å². The minimum atomic E-state index is -0.590. The highest BCUT2D eigenvalue weighted by molar-refractivity contribution is 5.79. The Kier molecular flexibility index (Phi) is 7.19. The second-order valence-corrected chi connectivity index (χ2v) is 8.37. The van der Waals surface area contributed by atoms with E-state index in [-0.39, 0.29) is 24.5 Å². The van der Waals surface area contributed by atoms with Crippen LogP contribution in [0, 0.1) is 17.6 Å². The standard InChI is InChI=1S/C23H28F2N4O2/c24-20-2-1-19(22(25)13-20)16-31-21-6-11-29(12-7-21)23(30)18-4-9-28(10-5-18)15-17-3-8-26-27-14-17/h1-3,8,13-14,18,21H,4-7,9-12,15-16H2. The van der Waals surface area contributed by atoms with Crippen molar-refractivity contribution in [3.05, 3.63) is 59.4 Å². The second kappa shape index (κ2) is 10.2. The summed E-state index contributed by atoms with van der Waals surface area (Å²) in [4.78, 5) is 17.3. The van der Waals surface area contributed by atoms with Gasteiger partial charge in [0.25, 0.3) is 0 Å². The minimum Gasteiger partial charge on any atom is -0.373 e. The Morgan fingerprint density at radius 1 is 1.03 bits per heavy atom. The molecule has 0 spiro atoms. The highest BCUT2D eigenvalue weighted by Gasteiger charge is 2.31. The van der Waals surface area contributed by atoms with Crippen LogP contribution in [0.5, 0.6) is 0 Å². The van der Waals surface area contributed by atoms with Crippen LogP contribution in [-0.4, -0.2) is 58.2 Å². The molecule has 31 heavy (non-hydrogen) atoms. The molecule has 0 unspecified atom stereocenters. The van der Waals surface area contributed by atoms with Gasteiger partial charge in [-0.3, -0.25) is 9.69 Å². The summed E-state index contributed by atoms with van der Waals surface area (Å²) in [5, 5.41) is 7.72. The molecule has 0 saturated carbocycles. The van der Waals surface area contributed by atoms with Gasteiger partial charge in [-0.05, 0) is 56.5 Å². The first-order chi connectivity index (χ1) is 15.1. The van der Waals surface area contributed by atoms with Crippen LogP contribution in [0.3, 0.4) is 0 Å². The molecule has 3 heterocycles. The van der Waals surface area contributed by atoms with Crippen LogP contribution in [0.4, 0.5) is 8.78 Å². The lowest BCUT2D eigenvalue weighted by Gasteiger charge is -2.37. The topological polar surface area (TPSA) is 58.6 Å². The van der Waals surface area contributed by atoms with E-state index in [2.05, 4.69) is 15.1 Å². The molecule has 2 aliphatic rings. The summed E-state index contributed by atoms with van der Waals surface area (Å²) in [7, 11) is 0. The third kappa shape index (κ3) is 5.83. The fourth-order valence-electron chi connectivity index (χ4n) is 4.36. The molecule has 1 aromatic carbocycles. The third-order valence-electron chi connectivity index (χ3n) is 6.23. The first-order valence-electron chi connectivity index (χ1n) is 10.9. The maximum Gasteiger partial charge on any atom is 0.225 e. The number of halogens is 2. The highest BCUT2D eigenvalue weighted by atomic mass is 19.1. The van der Waals surface area contributed by atoms with E-state index in [1.54, 1.807) is 12.4 Å². The Balaban J connectivity index is 1.18. The molecule has 166 valence electrons. The van der Waals surface area contributed by atoms with Gasteiger partial charge in [0.2, 0.25) is 5.91 Å². The Labute approximate surface area is 181 Å². The summed E-state index contributed by atoms with van der Waals surface area (Å²) < 4.78 is 32.6. The fourth-order valence-corrected chi connectivity index (χ4v) is 4.36. The number of amides is 1. The number of piperidine rings is 2. The zero-order valence-electron chi connectivity index (χ0n) is 17.6. The molecular weight excluding hydrogens is 402 g/mol. The number of carbonyl (C=O) groups excluding carboxylic acids is 1. The predicted octanol–water partition coefficient (Wildman–Crippen LogP) is 3.17. The van der Waals surface area contributed by atoms with Crippen molar-refractivity contribution in [2.75, 3.05) is 26.2 Å². The number of aromatic nitrogens is 2. The number of nitrogens with zero attached hydrogens (tertiary/aromatic N) is 4. The van der Waals surface area contributed by atoms with E-state index in [0.29, 0.717) is 18.7 Å². The largest absolute Gasteiger partial charge is 0.373 e. The summed E-state index contributed by atoms with van der Waals surface area (Å²) in [5.41, 5.74) is 1.50. The number of carbonyl (C=O) groups is 1. The van der Waals surface area contributed by atoms with E-state index < -0.39 is 11.6 Å². The van der Waals surface area contributed by atoms with Crippen LogP contribution in [0.25, 0.3) is 0 Å². The van der Waals surface area contributed by atoms with Gasteiger partial charge in [-0.2, -0.15) is 10.2 Å². The molecule has 0 N–H and O–H groups in total. The number of benzene rings is 1. The average Bonchev–Trinajstić information content (AvgIpc) is 2.80. The van der Waals surface area contributed by atoms with Crippen molar-refractivity contribution in [1.29, 1.82) is 0 Å². The van der Waals surface area contributed by atoms with Gasteiger partial charge in [0.15, 0.2) is 0 Å². The summed E-state index contributed by atoms with van der Waals surface area (Å²) in [6, 6.07) is 5.50. The normalized spacial score (nSPS) is 19.0. The molecule has 2 fully saturated rings. The third-order valence-corrected chi connectivity index (χ3v) is 6.23. The molecule has 0 aliphatic carbocycles. The number of hydrogen-bond acceptors (Lipinski definition) is 5. The van der Waals surface area contributed by atoms with Crippen LogP contribution in [0.2, 0.25) is 0 Å². The predicted molar refractivity (Wildman–Crippen MR) is 111 cm³/mol. The maximum absolute atomic E-state index is 13.7. The SMILES string of the molecule is O=C(C1CCN(Cc2ccnnc2)CC1)N1CCC(OCc2ccc(F)cc2F)CC1. The van der Waals surface area contributed by atoms with Crippen molar-refractivity contribution < 1.29 is 18.3 Å². The number of rotatable bonds is 6. The van der Waals surface area contributed by atoms with Crippen LogP contribution in [-0.2, 0) is 22.7 Å². The smallest absolute Gasteiger partial charge is 0.225 e. The zero-order chi connectivity index (χ0) is 21.6. The van der Waals surface area contributed by atoms with Crippen molar-refractivity contribution in [3.8, 4) is 0 Å². The van der Waals surface area contributed by atoms with E-state index >= 15 is 0 Å².